The second kappa shape index (κ2) is 4.51. The van der Waals surface area contributed by atoms with Crippen LogP contribution in [0.2, 0.25) is 0 Å². The molecule has 1 aromatic carbocycles. The Bertz CT molecular complexity index is 597. The van der Waals surface area contributed by atoms with Gasteiger partial charge in [-0.15, -0.1) is 0 Å². The number of likely N-dealkylation sites (tertiary alicyclic amines) is 1. The number of hydrogen-bond acceptors (Lipinski definition) is 4. The molecule has 19 heavy (non-hydrogen) atoms. The van der Waals surface area contributed by atoms with E-state index in [1.54, 1.807) is 0 Å². The standard InChI is InChI=1S/C14H14N2O3/c1-16-7-11(8-16)9-2-4-10(5-3-9)12-6-13(14(17)18)19-15-12/h2-6,11H,7-8H2,1H3,(H,17,18). The summed E-state index contributed by atoms with van der Waals surface area (Å²) in [4.78, 5) is 13.0. The molecule has 2 aromatic rings. The molecule has 5 nitrogen and oxygen atoms in total. The number of aromatic carboxylic acids is 1. The molecule has 1 saturated heterocycles. The van der Waals surface area contributed by atoms with Crippen LogP contribution in [0.15, 0.2) is 34.9 Å². The molecule has 1 fully saturated rings. The maximum Gasteiger partial charge on any atom is 0.374 e. The molecule has 0 aliphatic carbocycles. The Labute approximate surface area is 110 Å². The predicted molar refractivity (Wildman–Crippen MR) is 69.1 cm³/mol. The van der Waals surface area contributed by atoms with Gasteiger partial charge in [-0.3, -0.25) is 0 Å². The van der Waals surface area contributed by atoms with E-state index < -0.39 is 5.97 Å². The summed E-state index contributed by atoms with van der Waals surface area (Å²) >= 11 is 0. The molecule has 1 aromatic heterocycles. The lowest BCUT2D eigenvalue weighted by Gasteiger charge is -2.36. The molecule has 5 heteroatoms. The Morgan fingerprint density at radius 2 is 2.05 bits per heavy atom. The Morgan fingerprint density at radius 3 is 2.58 bits per heavy atom. The Balaban J connectivity index is 1.79. The highest BCUT2D eigenvalue weighted by Crippen LogP contribution is 2.27. The van der Waals surface area contributed by atoms with Gasteiger partial charge in [0.05, 0.1) is 0 Å². The molecule has 0 radical (unpaired) electrons. The molecule has 3 rings (SSSR count). The van der Waals surface area contributed by atoms with Gasteiger partial charge in [0, 0.05) is 30.6 Å². The molecule has 2 heterocycles. The highest BCUT2D eigenvalue weighted by atomic mass is 16.5. The van der Waals surface area contributed by atoms with Gasteiger partial charge in [-0.1, -0.05) is 29.4 Å². The van der Waals surface area contributed by atoms with Gasteiger partial charge in [-0.25, -0.2) is 4.79 Å². The van der Waals surface area contributed by atoms with Crippen LogP contribution in [-0.2, 0) is 0 Å². The third kappa shape index (κ3) is 2.24. The maximum absolute atomic E-state index is 10.7. The number of aromatic nitrogens is 1. The topological polar surface area (TPSA) is 66.6 Å². The molecule has 1 aliphatic heterocycles. The van der Waals surface area contributed by atoms with Crippen molar-refractivity contribution in [3.8, 4) is 11.3 Å². The maximum atomic E-state index is 10.7. The van der Waals surface area contributed by atoms with Crippen LogP contribution in [0.1, 0.15) is 22.0 Å². The van der Waals surface area contributed by atoms with Gasteiger partial charge in [0.1, 0.15) is 5.69 Å². The molecule has 0 bridgehead atoms. The average Bonchev–Trinajstić information content (AvgIpc) is 2.85. The molecule has 0 saturated carbocycles. The zero-order chi connectivity index (χ0) is 13.4. The molecule has 0 spiro atoms. The van der Waals surface area contributed by atoms with Gasteiger partial charge < -0.3 is 14.5 Å². The van der Waals surface area contributed by atoms with Gasteiger partial charge in [-0.2, -0.15) is 0 Å². The Kier molecular flexibility index (Phi) is 2.83. The van der Waals surface area contributed by atoms with Crippen LogP contribution in [0, 0.1) is 0 Å². The molecule has 0 unspecified atom stereocenters. The number of carboxylic acids is 1. The van der Waals surface area contributed by atoms with Crippen molar-refractivity contribution in [2.45, 2.75) is 5.92 Å². The van der Waals surface area contributed by atoms with E-state index in [1.807, 2.05) is 12.1 Å². The minimum Gasteiger partial charge on any atom is -0.475 e. The van der Waals surface area contributed by atoms with E-state index in [-0.39, 0.29) is 5.76 Å². The molecular formula is C14H14N2O3. The lowest BCUT2D eigenvalue weighted by atomic mass is 9.91. The molecule has 0 atom stereocenters. The van der Waals surface area contributed by atoms with Gasteiger partial charge >= 0.3 is 5.97 Å². The Hall–Kier alpha value is -2.14. The van der Waals surface area contributed by atoms with Crippen molar-refractivity contribution in [1.82, 2.24) is 10.1 Å². The van der Waals surface area contributed by atoms with Crippen LogP contribution in [-0.4, -0.2) is 41.3 Å². The minimum atomic E-state index is -1.10. The van der Waals surface area contributed by atoms with Crippen molar-refractivity contribution < 1.29 is 14.4 Å². The van der Waals surface area contributed by atoms with Gasteiger partial charge in [-0.05, 0) is 12.6 Å². The van der Waals surface area contributed by atoms with Gasteiger partial charge in [0.2, 0.25) is 5.76 Å². The predicted octanol–water partition coefficient (Wildman–Crippen LogP) is 2.07. The second-order valence-electron chi connectivity index (χ2n) is 4.92. The number of hydrogen-bond donors (Lipinski definition) is 1. The minimum absolute atomic E-state index is 0.139. The SMILES string of the molecule is CN1CC(c2ccc(-c3cc(C(=O)O)on3)cc2)C1. The number of nitrogens with zero attached hydrogens (tertiary/aromatic N) is 2. The largest absolute Gasteiger partial charge is 0.475 e. The van der Waals surface area contributed by atoms with E-state index in [0.29, 0.717) is 11.6 Å². The van der Waals surface area contributed by atoms with Crippen molar-refractivity contribution in [3.63, 3.8) is 0 Å². The lowest BCUT2D eigenvalue weighted by Crippen LogP contribution is -2.41. The van der Waals surface area contributed by atoms with Crippen molar-refractivity contribution in [2.75, 3.05) is 20.1 Å². The monoisotopic (exact) mass is 258 g/mol. The van der Waals surface area contributed by atoms with Gasteiger partial charge in [0.15, 0.2) is 0 Å². The fraction of sp³-hybridized carbons (Fsp3) is 0.286. The first-order chi connectivity index (χ1) is 9.13. The molecule has 0 amide bonds. The highest BCUT2D eigenvalue weighted by molar-refractivity contribution is 5.85. The molecule has 98 valence electrons. The van der Waals surface area contributed by atoms with Crippen molar-refractivity contribution >= 4 is 5.97 Å². The molecular weight excluding hydrogens is 244 g/mol. The fourth-order valence-electron chi connectivity index (χ4n) is 2.35. The highest BCUT2D eigenvalue weighted by Gasteiger charge is 2.24. The number of likely N-dealkylation sites (N-methyl/N-ethyl adjacent to an activating group) is 1. The normalized spacial score (nSPS) is 16.3. The van der Waals surface area contributed by atoms with E-state index in [0.717, 1.165) is 18.7 Å². The molecule has 1 aliphatic rings. The van der Waals surface area contributed by atoms with Crippen LogP contribution in [0.4, 0.5) is 0 Å². The summed E-state index contributed by atoms with van der Waals surface area (Å²) in [5.41, 5.74) is 2.73. The van der Waals surface area contributed by atoms with Crippen molar-refractivity contribution in [1.29, 1.82) is 0 Å². The number of benzene rings is 1. The zero-order valence-corrected chi connectivity index (χ0v) is 10.5. The van der Waals surface area contributed by atoms with Crippen LogP contribution >= 0.6 is 0 Å². The smallest absolute Gasteiger partial charge is 0.374 e. The number of rotatable bonds is 3. The van der Waals surface area contributed by atoms with Crippen LogP contribution in [0.3, 0.4) is 0 Å². The zero-order valence-electron chi connectivity index (χ0n) is 10.5. The van der Waals surface area contributed by atoms with Crippen LogP contribution < -0.4 is 0 Å². The van der Waals surface area contributed by atoms with Crippen LogP contribution in [0.5, 0.6) is 0 Å². The lowest BCUT2D eigenvalue weighted by molar-refractivity contribution is 0.0652. The van der Waals surface area contributed by atoms with E-state index in [1.165, 1.54) is 11.6 Å². The first-order valence-corrected chi connectivity index (χ1v) is 6.12. The van der Waals surface area contributed by atoms with Gasteiger partial charge in [0.25, 0.3) is 0 Å². The van der Waals surface area contributed by atoms with Crippen LogP contribution in [0.25, 0.3) is 11.3 Å². The van der Waals surface area contributed by atoms with Crippen molar-refractivity contribution in [2.24, 2.45) is 0 Å². The van der Waals surface area contributed by atoms with E-state index >= 15 is 0 Å². The first-order valence-electron chi connectivity index (χ1n) is 6.12. The number of carbonyl (C=O) groups is 1. The molecule has 1 N–H and O–H groups in total. The summed E-state index contributed by atoms with van der Waals surface area (Å²) in [6, 6.07) is 9.49. The summed E-state index contributed by atoms with van der Waals surface area (Å²) in [6.45, 7) is 2.18. The summed E-state index contributed by atoms with van der Waals surface area (Å²) in [5, 5.41) is 12.6. The van der Waals surface area contributed by atoms with E-state index in [4.69, 9.17) is 9.63 Å². The Morgan fingerprint density at radius 1 is 1.37 bits per heavy atom. The average molecular weight is 258 g/mol. The fourth-order valence-corrected chi connectivity index (χ4v) is 2.35. The number of carboxylic acid groups (broad SMARTS) is 1. The second-order valence-corrected chi connectivity index (χ2v) is 4.92. The first kappa shape index (κ1) is 11.9. The third-order valence-corrected chi connectivity index (χ3v) is 3.46. The quantitative estimate of drug-likeness (QED) is 0.912. The van der Waals surface area contributed by atoms with E-state index in [2.05, 4.69) is 29.2 Å². The third-order valence-electron chi connectivity index (χ3n) is 3.46. The summed E-state index contributed by atoms with van der Waals surface area (Å²) in [7, 11) is 2.10. The van der Waals surface area contributed by atoms with Crippen molar-refractivity contribution in [3.05, 3.63) is 41.7 Å². The van der Waals surface area contributed by atoms with E-state index in [9.17, 15) is 4.79 Å². The summed E-state index contributed by atoms with van der Waals surface area (Å²) in [5.74, 6) is -0.640. The summed E-state index contributed by atoms with van der Waals surface area (Å²) < 4.78 is 4.75. The summed E-state index contributed by atoms with van der Waals surface area (Å²) in [6.07, 6.45) is 0.